The number of hydrogen-bond acceptors (Lipinski definition) is 5. The molecule has 0 bridgehead atoms. The molecule has 122 valence electrons. The molecule has 0 saturated heterocycles. The summed E-state index contributed by atoms with van der Waals surface area (Å²) in [4.78, 5) is 16.8. The van der Waals surface area contributed by atoms with Gasteiger partial charge in [-0.2, -0.15) is 0 Å². The van der Waals surface area contributed by atoms with Crippen LogP contribution in [0.4, 0.5) is 5.69 Å². The van der Waals surface area contributed by atoms with E-state index in [1.54, 1.807) is 36.9 Å². The lowest BCUT2D eigenvalue weighted by molar-refractivity contribution is 0.103. The molecular formula is C18H16N2O3S. The van der Waals surface area contributed by atoms with Gasteiger partial charge in [0.05, 0.1) is 18.3 Å². The number of amides is 1. The lowest BCUT2D eigenvalue weighted by Crippen LogP contribution is -2.11. The highest BCUT2D eigenvalue weighted by atomic mass is 32.1. The lowest BCUT2D eigenvalue weighted by atomic mass is 10.3. The lowest BCUT2D eigenvalue weighted by Gasteiger charge is -2.08. The number of thiazole rings is 1. The van der Waals surface area contributed by atoms with E-state index >= 15 is 0 Å². The molecule has 0 aliphatic carbocycles. The highest BCUT2D eigenvalue weighted by Gasteiger charge is 2.11. The molecule has 1 heterocycles. The molecule has 0 radical (unpaired) electrons. The normalized spacial score (nSPS) is 10.2. The van der Waals surface area contributed by atoms with Gasteiger partial charge in [-0.1, -0.05) is 0 Å². The SMILES string of the molecule is COc1ccc(Oc2ccc(NC(=O)c3scnc3C)cc2)cc1. The fourth-order valence-corrected chi connectivity index (χ4v) is 2.79. The summed E-state index contributed by atoms with van der Waals surface area (Å²) >= 11 is 1.33. The van der Waals surface area contributed by atoms with Crippen molar-refractivity contribution in [1.29, 1.82) is 0 Å². The van der Waals surface area contributed by atoms with Crippen LogP contribution in [0.5, 0.6) is 17.2 Å². The first-order valence-corrected chi connectivity index (χ1v) is 8.17. The van der Waals surface area contributed by atoms with Gasteiger partial charge in [-0.3, -0.25) is 4.79 Å². The highest BCUT2D eigenvalue weighted by molar-refractivity contribution is 7.12. The van der Waals surface area contributed by atoms with Crippen molar-refractivity contribution >= 4 is 22.9 Å². The number of carbonyl (C=O) groups excluding carboxylic acids is 1. The van der Waals surface area contributed by atoms with E-state index in [0.29, 0.717) is 22.1 Å². The van der Waals surface area contributed by atoms with Gasteiger partial charge in [-0.05, 0) is 55.5 Å². The fourth-order valence-electron chi connectivity index (χ4n) is 2.09. The molecule has 1 amide bonds. The number of benzene rings is 2. The number of methoxy groups -OCH3 is 1. The summed E-state index contributed by atoms with van der Waals surface area (Å²) in [5.41, 5.74) is 3.10. The zero-order chi connectivity index (χ0) is 16.9. The summed E-state index contributed by atoms with van der Waals surface area (Å²) in [6.45, 7) is 1.82. The summed E-state index contributed by atoms with van der Waals surface area (Å²) in [5, 5.41) is 2.85. The van der Waals surface area contributed by atoms with Crippen LogP contribution in [0, 0.1) is 6.92 Å². The maximum atomic E-state index is 12.1. The Morgan fingerprint density at radius 2 is 1.58 bits per heavy atom. The molecule has 1 aromatic heterocycles. The zero-order valence-electron chi connectivity index (χ0n) is 13.3. The van der Waals surface area contributed by atoms with Crippen LogP contribution in [-0.4, -0.2) is 18.0 Å². The van der Waals surface area contributed by atoms with Gasteiger partial charge >= 0.3 is 0 Å². The first-order valence-electron chi connectivity index (χ1n) is 7.29. The van der Waals surface area contributed by atoms with Crippen molar-refractivity contribution < 1.29 is 14.3 Å². The van der Waals surface area contributed by atoms with E-state index < -0.39 is 0 Å². The molecule has 0 unspecified atom stereocenters. The number of rotatable bonds is 5. The van der Waals surface area contributed by atoms with Crippen LogP contribution < -0.4 is 14.8 Å². The smallest absolute Gasteiger partial charge is 0.267 e. The number of ether oxygens (including phenoxy) is 2. The van der Waals surface area contributed by atoms with Gasteiger partial charge in [0.25, 0.3) is 5.91 Å². The van der Waals surface area contributed by atoms with Crippen molar-refractivity contribution in [3.8, 4) is 17.2 Å². The molecule has 0 atom stereocenters. The molecule has 3 rings (SSSR count). The summed E-state index contributed by atoms with van der Waals surface area (Å²) < 4.78 is 10.9. The van der Waals surface area contributed by atoms with Crippen molar-refractivity contribution in [1.82, 2.24) is 4.98 Å². The first kappa shape index (κ1) is 16.0. The van der Waals surface area contributed by atoms with Crippen LogP contribution in [0.2, 0.25) is 0 Å². The monoisotopic (exact) mass is 340 g/mol. The Hall–Kier alpha value is -2.86. The number of aromatic nitrogens is 1. The molecule has 24 heavy (non-hydrogen) atoms. The minimum Gasteiger partial charge on any atom is -0.497 e. The van der Waals surface area contributed by atoms with Crippen LogP contribution in [0.15, 0.2) is 54.0 Å². The molecular weight excluding hydrogens is 324 g/mol. The second-order valence-corrected chi connectivity index (χ2v) is 5.88. The van der Waals surface area contributed by atoms with Gasteiger partial charge in [0.2, 0.25) is 0 Å². The van der Waals surface area contributed by atoms with Gasteiger partial charge in [0.1, 0.15) is 22.1 Å². The van der Waals surface area contributed by atoms with Gasteiger partial charge in [-0.25, -0.2) is 4.98 Å². The minimum absolute atomic E-state index is 0.154. The van der Waals surface area contributed by atoms with Crippen LogP contribution in [-0.2, 0) is 0 Å². The van der Waals surface area contributed by atoms with Crippen LogP contribution in [0.3, 0.4) is 0 Å². The van der Waals surface area contributed by atoms with Crippen LogP contribution >= 0.6 is 11.3 Å². The molecule has 5 nitrogen and oxygen atoms in total. The molecule has 1 N–H and O–H groups in total. The average molecular weight is 340 g/mol. The fraction of sp³-hybridized carbons (Fsp3) is 0.111. The van der Waals surface area contributed by atoms with Crippen molar-refractivity contribution in [3.05, 3.63) is 64.6 Å². The molecule has 0 aliphatic rings. The molecule has 3 aromatic rings. The Kier molecular flexibility index (Phi) is 4.77. The van der Waals surface area contributed by atoms with E-state index in [2.05, 4.69) is 10.3 Å². The second kappa shape index (κ2) is 7.14. The predicted octanol–water partition coefficient (Wildman–Crippen LogP) is 4.50. The minimum atomic E-state index is -0.154. The van der Waals surface area contributed by atoms with Gasteiger partial charge in [0.15, 0.2) is 0 Å². The Bertz CT molecular complexity index is 826. The Labute approximate surface area is 143 Å². The summed E-state index contributed by atoms with van der Waals surface area (Å²) in [6.07, 6.45) is 0. The number of nitrogens with one attached hydrogen (secondary N) is 1. The summed E-state index contributed by atoms with van der Waals surface area (Å²) in [6, 6.07) is 14.5. The number of nitrogens with zero attached hydrogens (tertiary/aromatic N) is 1. The largest absolute Gasteiger partial charge is 0.497 e. The predicted molar refractivity (Wildman–Crippen MR) is 94.3 cm³/mol. The molecule has 0 saturated carbocycles. The van der Waals surface area contributed by atoms with Crippen molar-refractivity contribution in [2.45, 2.75) is 6.92 Å². The third-order valence-electron chi connectivity index (χ3n) is 3.36. The van der Waals surface area contributed by atoms with E-state index in [-0.39, 0.29) is 5.91 Å². The maximum Gasteiger partial charge on any atom is 0.267 e. The van der Waals surface area contributed by atoms with Gasteiger partial charge in [-0.15, -0.1) is 11.3 Å². The van der Waals surface area contributed by atoms with E-state index in [1.807, 2.05) is 31.2 Å². The molecule has 0 fully saturated rings. The molecule has 2 aromatic carbocycles. The molecule has 0 spiro atoms. The Morgan fingerprint density at radius 1 is 1.00 bits per heavy atom. The van der Waals surface area contributed by atoms with Crippen LogP contribution in [0.1, 0.15) is 15.4 Å². The summed E-state index contributed by atoms with van der Waals surface area (Å²) in [7, 11) is 1.62. The number of anilines is 1. The maximum absolute atomic E-state index is 12.1. The third kappa shape index (κ3) is 3.72. The van der Waals surface area contributed by atoms with Crippen LogP contribution in [0.25, 0.3) is 0 Å². The van der Waals surface area contributed by atoms with Gasteiger partial charge < -0.3 is 14.8 Å². The van der Waals surface area contributed by atoms with Crippen molar-refractivity contribution in [2.75, 3.05) is 12.4 Å². The van der Waals surface area contributed by atoms with Crippen molar-refractivity contribution in [3.63, 3.8) is 0 Å². The Morgan fingerprint density at radius 3 is 2.12 bits per heavy atom. The Balaban J connectivity index is 1.64. The molecule has 0 aliphatic heterocycles. The van der Waals surface area contributed by atoms with E-state index in [9.17, 15) is 4.79 Å². The van der Waals surface area contributed by atoms with Gasteiger partial charge in [0, 0.05) is 5.69 Å². The molecule has 6 heteroatoms. The average Bonchev–Trinajstić information content (AvgIpc) is 3.03. The topological polar surface area (TPSA) is 60.5 Å². The van der Waals surface area contributed by atoms with Crippen molar-refractivity contribution in [2.24, 2.45) is 0 Å². The summed E-state index contributed by atoms with van der Waals surface area (Å²) in [5.74, 6) is 2.03. The highest BCUT2D eigenvalue weighted by Crippen LogP contribution is 2.25. The quantitative estimate of drug-likeness (QED) is 0.742. The van der Waals surface area contributed by atoms with E-state index in [1.165, 1.54) is 11.3 Å². The number of hydrogen-bond donors (Lipinski definition) is 1. The first-order chi connectivity index (χ1) is 11.7. The van der Waals surface area contributed by atoms with E-state index in [4.69, 9.17) is 9.47 Å². The third-order valence-corrected chi connectivity index (χ3v) is 4.29. The standard InChI is InChI=1S/C18H16N2O3S/c1-12-17(24-11-19-12)18(21)20-13-3-5-15(6-4-13)23-16-9-7-14(22-2)8-10-16/h3-11H,1-2H3,(H,20,21). The number of carbonyl (C=O) groups is 1. The number of aryl methyl sites for hydroxylation is 1. The zero-order valence-corrected chi connectivity index (χ0v) is 14.1. The van der Waals surface area contributed by atoms with E-state index in [0.717, 1.165) is 11.4 Å². The second-order valence-electron chi connectivity index (χ2n) is 5.02.